The van der Waals surface area contributed by atoms with Gasteiger partial charge in [0.25, 0.3) is 0 Å². The van der Waals surface area contributed by atoms with Crippen LogP contribution in [0.2, 0.25) is 0 Å². The standard InChI is InChI=1S/C26H37FN4O4S/c1-7-23(26(33)28-16-19(2)3)30(17-21-14-12-20(4)13-15-21)25(32)18-31(36(34,35)29(5)6)24-11-9-8-10-22(24)27/h8-15,19,23H,7,16-18H2,1-6H3,(H,28,33)/t23-/m1/s1. The van der Waals surface area contributed by atoms with Crippen molar-refractivity contribution in [3.05, 3.63) is 65.5 Å². The summed E-state index contributed by atoms with van der Waals surface area (Å²) in [6.45, 7) is 7.54. The highest BCUT2D eigenvalue weighted by atomic mass is 32.2. The second-order valence-corrected chi connectivity index (χ2v) is 11.4. The van der Waals surface area contributed by atoms with Crippen LogP contribution in [0.1, 0.15) is 38.3 Å². The highest BCUT2D eigenvalue weighted by Gasteiger charge is 2.34. The van der Waals surface area contributed by atoms with Crippen molar-refractivity contribution in [1.82, 2.24) is 14.5 Å². The zero-order chi connectivity index (χ0) is 27.0. The Labute approximate surface area is 214 Å². The first kappa shape index (κ1) is 29.3. The summed E-state index contributed by atoms with van der Waals surface area (Å²) < 4.78 is 42.6. The van der Waals surface area contributed by atoms with Crippen LogP contribution in [0, 0.1) is 18.7 Å². The maximum Gasteiger partial charge on any atom is 0.304 e. The number of carbonyl (C=O) groups is 2. The van der Waals surface area contributed by atoms with Crippen LogP contribution in [0.5, 0.6) is 0 Å². The molecule has 0 heterocycles. The van der Waals surface area contributed by atoms with Crippen molar-refractivity contribution in [3.8, 4) is 0 Å². The van der Waals surface area contributed by atoms with Gasteiger partial charge in [-0.15, -0.1) is 0 Å². The predicted octanol–water partition coefficient (Wildman–Crippen LogP) is 3.33. The number of hydrogen-bond acceptors (Lipinski definition) is 4. The lowest BCUT2D eigenvalue weighted by molar-refractivity contribution is -0.140. The van der Waals surface area contributed by atoms with Crippen LogP contribution in [0.3, 0.4) is 0 Å². The molecule has 0 aliphatic carbocycles. The van der Waals surface area contributed by atoms with E-state index in [1.807, 2.05) is 45.0 Å². The molecule has 1 N–H and O–H groups in total. The van der Waals surface area contributed by atoms with Gasteiger partial charge in [-0.3, -0.25) is 9.59 Å². The SMILES string of the molecule is CC[C@H](C(=O)NCC(C)C)N(Cc1ccc(C)cc1)C(=O)CN(c1ccccc1F)S(=O)(=O)N(C)C. The number of amides is 2. The molecule has 2 rings (SSSR count). The number of benzene rings is 2. The van der Waals surface area contributed by atoms with E-state index in [9.17, 15) is 22.4 Å². The molecule has 2 aromatic carbocycles. The molecule has 0 saturated heterocycles. The summed E-state index contributed by atoms with van der Waals surface area (Å²) in [5, 5.41) is 2.87. The van der Waals surface area contributed by atoms with Gasteiger partial charge in [0, 0.05) is 27.2 Å². The van der Waals surface area contributed by atoms with E-state index in [0.29, 0.717) is 13.0 Å². The van der Waals surface area contributed by atoms with Gasteiger partial charge in [-0.2, -0.15) is 12.7 Å². The Balaban J connectivity index is 2.49. The van der Waals surface area contributed by atoms with E-state index in [-0.39, 0.29) is 24.1 Å². The lowest BCUT2D eigenvalue weighted by Gasteiger charge is -2.34. The van der Waals surface area contributed by atoms with Crippen molar-refractivity contribution in [1.29, 1.82) is 0 Å². The molecule has 2 aromatic rings. The van der Waals surface area contributed by atoms with Crippen LogP contribution < -0.4 is 9.62 Å². The van der Waals surface area contributed by atoms with Gasteiger partial charge in [-0.1, -0.05) is 62.7 Å². The summed E-state index contributed by atoms with van der Waals surface area (Å²) in [7, 11) is -1.59. The van der Waals surface area contributed by atoms with Crippen LogP contribution in [-0.2, 0) is 26.3 Å². The third-order valence-electron chi connectivity index (χ3n) is 5.68. The van der Waals surface area contributed by atoms with E-state index in [2.05, 4.69) is 5.32 Å². The quantitative estimate of drug-likeness (QED) is 0.465. The van der Waals surface area contributed by atoms with Gasteiger partial charge in [0.1, 0.15) is 18.4 Å². The van der Waals surface area contributed by atoms with E-state index in [1.165, 1.54) is 37.2 Å². The van der Waals surface area contributed by atoms with Crippen molar-refractivity contribution in [2.24, 2.45) is 5.92 Å². The largest absolute Gasteiger partial charge is 0.354 e. The summed E-state index contributed by atoms with van der Waals surface area (Å²) in [5.41, 5.74) is 1.59. The van der Waals surface area contributed by atoms with E-state index < -0.39 is 34.5 Å². The van der Waals surface area contributed by atoms with Crippen molar-refractivity contribution < 1.29 is 22.4 Å². The van der Waals surface area contributed by atoms with Gasteiger partial charge in [-0.05, 0) is 37.0 Å². The lowest BCUT2D eigenvalue weighted by Crippen LogP contribution is -2.53. The first-order valence-corrected chi connectivity index (χ1v) is 13.4. The second-order valence-electron chi connectivity index (χ2n) is 9.32. The first-order chi connectivity index (χ1) is 16.9. The lowest BCUT2D eigenvalue weighted by atomic mass is 10.1. The highest BCUT2D eigenvalue weighted by Crippen LogP contribution is 2.24. The number of rotatable bonds is 12. The molecular weight excluding hydrogens is 483 g/mol. The molecule has 8 nitrogen and oxygen atoms in total. The fraction of sp³-hybridized carbons (Fsp3) is 0.462. The number of anilines is 1. The summed E-state index contributed by atoms with van der Waals surface area (Å²) >= 11 is 0. The fourth-order valence-corrected chi connectivity index (χ4v) is 4.65. The summed E-state index contributed by atoms with van der Waals surface area (Å²) in [6.07, 6.45) is 0.321. The minimum atomic E-state index is -4.22. The molecule has 10 heteroatoms. The normalized spacial score (nSPS) is 12.5. The Kier molecular flexibility index (Phi) is 10.4. The van der Waals surface area contributed by atoms with Gasteiger partial charge in [0.2, 0.25) is 11.8 Å². The van der Waals surface area contributed by atoms with Crippen molar-refractivity contribution >= 4 is 27.7 Å². The predicted molar refractivity (Wildman–Crippen MR) is 140 cm³/mol. The number of aryl methyl sites for hydroxylation is 1. The number of hydrogen-bond donors (Lipinski definition) is 1. The van der Waals surface area contributed by atoms with Crippen molar-refractivity contribution in [3.63, 3.8) is 0 Å². The molecule has 1 atom stereocenters. The molecule has 2 amide bonds. The average Bonchev–Trinajstić information content (AvgIpc) is 2.82. The fourth-order valence-electron chi connectivity index (χ4n) is 3.59. The molecule has 0 spiro atoms. The van der Waals surface area contributed by atoms with Crippen LogP contribution in [0.4, 0.5) is 10.1 Å². The van der Waals surface area contributed by atoms with Crippen LogP contribution in [-0.4, -0.2) is 62.7 Å². The minimum Gasteiger partial charge on any atom is -0.354 e. The minimum absolute atomic E-state index is 0.0971. The topological polar surface area (TPSA) is 90.0 Å². The molecular formula is C26H37FN4O4S. The van der Waals surface area contributed by atoms with Gasteiger partial charge in [-0.25, -0.2) is 8.70 Å². The first-order valence-electron chi connectivity index (χ1n) is 12.0. The smallest absolute Gasteiger partial charge is 0.304 e. The molecule has 0 bridgehead atoms. The molecule has 0 aromatic heterocycles. The van der Waals surface area contributed by atoms with E-state index in [1.54, 1.807) is 6.92 Å². The number of nitrogens with zero attached hydrogens (tertiary/aromatic N) is 3. The molecule has 0 saturated carbocycles. The Morgan fingerprint density at radius 2 is 1.64 bits per heavy atom. The van der Waals surface area contributed by atoms with Crippen molar-refractivity contribution in [2.45, 2.75) is 46.7 Å². The zero-order valence-electron chi connectivity index (χ0n) is 21.9. The number of para-hydroxylation sites is 1. The summed E-state index contributed by atoms with van der Waals surface area (Å²) in [6, 6.07) is 12.1. The van der Waals surface area contributed by atoms with Gasteiger partial charge >= 0.3 is 10.2 Å². The highest BCUT2D eigenvalue weighted by molar-refractivity contribution is 7.90. The number of carbonyl (C=O) groups excluding carboxylic acids is 2. The van der Waals surface area contributed by atoms with Crippen LogP contribution in [0.15, 0.2) is 48.5 Å². The Morgan fingerprint density at radius 3 is 2.17 bits per heavy atom. The molecule has 0 aliphatic heterocycles. The Bertz CT molecular complexity index is 1140. The van der Waals surface area contributed by atoms with Crippen LogP contribution >= 0.6 is 0 Å². The second kappa shape index (κ2) is 12.8. The van der Waals surface area contributed by atoms with E-state index in [0.717, 1.165) is 25.8 Å². The average molecular weight is 521 g/mol. The molecule has 0 unspecified atom stereocenters. The maximum absolute atomic E-state index is 14.7. The van der Waals surface area contributed by atoms with Crippen molar-refractivity contribution in [2.75, 3.05) is 31.5 Å². The monoisotopic (exact) mass is 520 g/mol. The molecule has 0 fully saturated rings. The summed E-state index contributed by atoms with van der Waals surface area (Å²) in [4.78, 5) is 28.2. The zero-order valence-corrected chi connectivity index (χ0v) is 22.7. The maximum atomic E-state index is 14.7. The molecule has 0 aliphatic rings. The molecule has 198 valence electrons. The van der Waals surface area contributed by atoms with E-state index in [4.69, 9.17) is 0 Å². The Morgan fingerprint density at radius 1 is 1.03 bits per heavy atom. The third-order valence-corrected chi connectivity index (χ3v) is 7.49. The number of halogens is 1. The van der Waals surface area contributed by atoms with Gasteiger partial charge in [0.05, 0.1) is 5.69 Å². The third kappa shape index (κ3) is 7.51. The Hall–Kier alpha value is -2.98. The summed E-state index contributed by atoms with van der Waals surface area (Å²) in [5.74, 6) is -1.49. The van der Waals surface area contributed by atoms with Crippen LogP contribution in [0.25, 0.3) is 0 Å². The van der Waals surface area contributed by atoms with Gasteiger partial charge < -0.3 is 10.2 Å². The molecule has 36 heavy (non-hydrogen) atoms. The molecule has 0 radical (unpaired) electrons. The van der Waals surface area contributed by atoms with E-state index >= 15 is 0 Å². The van der Waals surface area contributed by atoms with Gasteiger partial charge in [0.15, 0.2) is 0 Å². The number of nitrogens with one attached hydrogen (secondary N) is 1.